The monoisotopic (exact) mass is 246 g/mol. The zero-order valence-corrected chi connectivity index (χ0v) is 8.86. The van der Waals surface area contributed by atoms with E-state index < -0.39 is 11.7 Å². The summed E-state index contributed by atoms with van der Waals surface area (Å²) in [7, 11) is 0. The highest BCUT2D eigenvalue weighted by atomic mass is 35.5. The number of carbonyl (C=O) groups excluding carboxylic acids is 1. The summed E-state index contributed by atoms with van der Waals surface area (Å²) in [5, 5.41) is 10.5. The Balaban J connectivity index is 2.92. The summed E-state index contributed by atoms with van der Waals surface area (Å²) in [4.78, 5) is 11.0. The lowest BCUT2D eigenvalue weighted by atomic mass is 10.3. The molecule has 1 aromatic carbocycles. The molecule has 0 aromatic heterocycles. The molecule has 78 valence electrons. The molecule has 15 heavy (non-hydrogen) atoms. The lowest BCUT2D eigenvalue weighted by Crippen LogP contribution is -2.10. The van der Waals surface area contributed by atoms with Gasteiger partial charge < -0.3 is 5.32 Å². The molecule has 1 rings (SSSR count). The highest BCUT2D eigenvalue weighted by molar-refractivity contribution is 6.36. The van der Waals surface area contributed by atoms with Gasteiger partial charge in [0.25, 0.3) is 0 Å². The zero-order chi connectivity index (χ0) is 11.4. The van der Waals surface area contributed by atoms with Gasteiger partial charge in [-0.1, -0.05) is 23.2 Å². The van der Waals surface area contributed by atoms with E-state index in [0.29, 0.717) is 0 Å². The third-order valence-corrected chi connectivity index (χ3v) is 2.13. The molecule has 0 aliphatic heterocycles. The van der Waals surface area contributed by atoms with Crippen molar-refractivity contribution in [2.75, 3.05) is 5.32 Å². The van der Waals surface area contributed by atoms with E-state index in [9.17, 15) is 9.18 Å². The molecule has 1 aromatic rings. The Hall–Kier alpha value is -1.31. The van der Waals surface area contributed by atoms with Crippen LogP contribution in [-0.2, 0) is 4.79 Å². The van der Waals surface area contributed by atoms with Crippen molar-refractivity contribution in [3.8, 4) is 6.07 Å². The van der Waals surface area contributed by atoms with Crippen LogP contribution in [0.15, 0.2) is 12.1 Å². The fraction of sp³-hybridized carbons (Fsp3) is 0.111. The van der Waals surface area contributed by atoms with Gasteiger partial charge in [0.2, 0.25) is 5.91 Å². The van der Waals surface area contributed by atoms with E-state index in [2.05, 4.69) is 5.32 Å². The minimum absolute atomic E-state index is 0.0961. The number of benzene rings is 1. The number of carbonyl (C=O) groups is 1. The van der Waals surface area contributed by atoms with Crippen molar-refractivity contribution >= 4 is 34.8 Å². The number of rotatable bonds is 2. The summed E-state index contributed by atoms with van der Waals surface area (Å²) < 4.78 is 13.0. The summed E-state index contributed by atoms with van der Waals surface area (Å²) in [6.07, 6.45) is -0.319. The van der Waals surface area contributed by atoms with Crippen LogP contribution in [0.4, 0.5) is 10.1 Å². The topological polar surface area (TPSA) is 52.9 Å². The number of nitrogens with one attached hydrogen (secondary N) is 1. The average Bonchev–Trinajstić information content (AvgIpc) is 2.14. The minimum Gasteiger partial charge on any atom is -0.324 e. The molecule has 6 heteroatoms. The Morgan fingerprint density at radius 3 is 2.73 bits per heavy atom. The SMILES string of the molecule is N#CCC(=O)Nc1cc(F)c(Cl)cc1Cl. The van der Waals surface area contributed by atoms with Crippen LogP contribution >= 0.6 is 23.2 Å². The molecule has 0 heterocycles. The second-order valence-electron chi connectivity index (χ2n) is 2.63. The quantitative estimate of drug-likeness (QED) is 0.816. The first-order chi connectivity index (χ1) is 7.04. The smallest absolute Gasteiger partial charge is 0.238 e. The lowest BCUT2D eigenvalue weighted by Gasteiger charge is -2.06. The molecule has 0 atom stereocenters. The number of halogens is 3. The summed E-state index contributed by atoms with van der Waals surface area (Å²) in [6, 6.07) is 3.84. The minimum atomic E-state index is -0.687. The number of hydrogen-bond donors (Lipinski definition) is 1. The van der Waals surface area contributed by atoms with Crippen LogP contribution in [0.1, 0.15) is 6.42 Å². The molecule has 0 fully saturated rings. The van der Waals surface area contributed by atoms with Gasteiger partial charge in [-0.2, -0.15) is 5.26 Å². The highest BCUT2D eigenvalue weighted by Crippen LogP contribution is 2.28. The van der Waals surface area contributed by atoms with Gasteiger partial charge in [-0.25, -0.2) is 4.39 Å². The van der Waals surface area contributed by atoms with Crippen LogP contribution in [-0.4, -0.2) is 5.91 Å². The summed E-state index contributed by atoms with van der Waals surface area (Å²) >= 11 is 11.2. The second-order valence-corrected chi connectivity index (χ2v) is 3.44. The number of nitrogens with zero attached hydrogens (tertiary/aromatic N) is 1. The van der Waals surface area contributed by atoms with Crippen LogP contribution in [0.25, 0.3) is 0 Å². The van der Waals surface area contributed by atoms with Gasteiger partial charge >= 0.3 is 0 Å². The molecule has 0 saturated heterocycles. The third kappa shape index (κ3) is 3.08. The molecular formula is C9H5Cl2FN2O. The second kappa shape index (κ2) is 4.96. The number of anilines is 1. The van der Waals surface area contributed by atoms with Crippen molar-refractivity contribution < 1.29 is 9.18 Å². The number of hydrogen-bond acceptors (Lipinski definition) is 2. The Bertz CT molecular complexity index is 442. The van der Waals surface area contributed by atoms with Gasteiger partial charge in [-0.3, -0.25) is 4.79 Å². The van der Waals surface area contributed by atoms with Crippen molar-refractivity contribution in [1.29, 1.82) is 5.26 Å². The van der Waals surface area contributed by atoms with Crippen LogP contribution in [0.5, 0.6) is 0 Å². The standard InChI is InChI=1S/C9H5Cl2FN2O/c10-5-3-6(11)8(4-7(5)12)14-9(15)1-2-13/h3-4H,1H2,(H,14,15). The van der Waals surface area contributed by atoms with Crippen molar-refractivity contribution in [3.05, 3.63) is 28.0 Å². The lowest BCUT2D eigenvalue weighted by molar-refractivity contribution is -0.115. The number of amides is 1. The van der Waals surface area contributed by atoms with Crippen LogP contribution in [0.2, 0.25) is 10.0 Å². The first-order valence-corrected chi connectivity index (χ1v) is 4.61. The molecule has 0 radical (unpaired) electrons. The van der Waals surface area contributed by atoms with Crippen molar-refractivity contribution in [3.63, 3.8) is 0 Å². The van der Waals surface area contributed by atoms with E-state index in [1.54, 1.807) is 6.07 Å². The Morgan fingerprint density at radius 1 is 1.47 bits per heavy atom. The van der Waals surface area contributed by atoms with Crippen LogP contribution in [0, 0.1) is 17.1 Å². The summed E-state index contributed by atoms with van der Waals surface area (Å²) in [6.45, 7) is 0. The van der Waals surface area contributed by atoms with Gasteiger partial charge in [0, 0.05) is 6.07 Å². The van der Waals surface area contributed by atoms with Crippen LogP contribution in [0.3, 0.4) is 0 Å². The maximum Gasteiger partial charge on any atom is 0.238 e. The number of nitriles is 1. The van der Waals surface area contributed by atoms with Gasteiger partial charge in [0.1, 0.15) is 12.2 Å². The van der Waals surface area contributed by atoms with Crippen molar-refractivity contribution in [1.82, 2.24) is 0 Å². The van der Waals surface area contributed by atoms with E-state index in [1.165, 1.54) is 6.07 Å². The molecule has 0 bridgehead atoms. The normalized spacial score (nSPS) is 9.47. The van der Waals surface area contributed by atoms with Crippen molar-refractivity contribution in [2.45, 2.75) is 6.42 Å². The van der Waals surface area contributed by atoms with E-state index in [0.717, 1.165) is 6.07 Å². The van der Waals surface area contributed by atoms with Gasteiger partial charge in [-0.15, -0.1) is 0 Å². The molecule has 0 aliphatic rings. The molecule has 0 aliphatic carbocycles. The average molecular weight is 247 g/mol. The fourth-order valence-electron chi connectivity index (χ4n) is 0.885. The van der Waals surface area contributed by atoms with Crippen LogP contribution < -0.4 is 5.32 Å². The van der Waals surface area contributed by atoms with Gasteiger partial charge in [0.05, 0.1) is 21.8 Å². The van der Waals surface area contributed by atoms with E-state index in [-0.39, 0.29) is 22.2 Å². The van der Waals surface area contributed by atoms with E-state index >= 15 is 0 Å². The Morgan fingerprint density at radius 2 is 2.13 bits per heavy atom. The fourth-order valence-corrected chi connectivity index (χ4v) is 1.31. The summed E-state index contributed by atoms with van der Waals surface area (Å²) in [5.74, 6) is -1.24. The first kappa shape index (κ1) is 11.8. The Kier molecular flexibility index (Phi) is 3.89. The molecule has 1 N–H and O–H groups in total. The van der Waals surface area contributed by atoms with E-state index in [4.69, 9.17) is 28.5 Å². The predicted molar refractivity (Wildman–Crippen MR) is 55.3 cm³/mol. The maximum absolute atomic E-state index is 13.0. The Labute approximate surface area is 95.4 Å². The molecule has 3 nitrogen and oxygen atoms in total. The molecule has 0 spiro atoms. The zero-order valence-electron chi connectivity index (χ0n) is 7.35. The third-order valence-electron chi connectivity index (χ3n) is 1.52. The highest BCUT2D eigenvalue weighted by Gasteiger charge is 2.09. The predicted octanol–water partition coefficient (Wildman–Crippen LogP) is 2.98. The van der Waals surface area contributed by atoms with Gasteiger partial charge in [0.15, 0.2) is 0 Å². The van der Waals surface area contributed by atoms with E-state index in [1.807, 2.05) is 0 Å². The molecule has 1 amide bonds. The molecular weight excluding hydrogens is 242 g/mol. The maximum atomic E-state index is 13.0. The van der Waals surface area contributed by atoms with Gasteiger partial charge in [-0.05, 0) is 6.07 Å². The largest absolute Gasteiger partial charge is 0.324 e. The molecule has 0 unspecified atom stereocenters. The first-order valence-electron chi connectivity index (χ1n) is 3.86. The summed E-state index contributed by atoms with van der Waals surface area (Å²) in [5.41, 5.74) is 0.0961. The molecule has 0 saturated carbocycles. The van der Waals surface area contributed by atoms with Crippen molar-refractivity contribution in [2.24, 2.45) is 0 Å².